The van der Waals surface area contributed by atoms with Gasteiger partial charge in [0.1, 0.15) is 17.5 Å². The molecule has 0 aliphatic carbocycles. The first kappa shape index (κ1) is 16.6. The average molecular weight is 354 g/mol. The quantitative estimate of drug-likeness (QED) is 0.907. The SMILES string of the molecule is CN(c1nccc(Nc2ccc(F)cc2F)n1)C1CCS(=O)(=O)C1. The van der Waals surface area contributed by atoms with Crippen LogP contribution < -0.4 is 10.2 Å². The summed E-state index contributed by atoms with van der Waals surface area (Å²) in [5.41, 5.74) is 0.0900. The van der Waals surface area contributed by atoms with Gasteiger partial charge in [-0.15, -0.1) is 0 Å². The van der Waals surface area contributed by atoms with Gasteiger partial charge in [-0.3, -0.25) is 0 Å². The van der Waals surface area contributed by atoms with E-state index in [-0.39, 0.29) is 23.2 Å². The Morgan fingerprint density at radius 3 is 2.75 bits per heavy atom. The van der Waals surface area contributed by atoms with Crippen molar-refractivity contribution in [2.24, 2.45) is 0 Å². The third-order valence-corrected chi connectivity index (χ3v) is 5.66. The van der Waals surface area contributed by atoms with Gasteiger partial charge in [0.25, 0.3) is 0 Å². The van der Waals surface area contributed by atoms with E-state index in [1.807, 2.05) is 0 Å². The van der Waals surface area contributed by atoms with Crippen molar-refractivity contribution >= 4 is 27.3 Å². The van der Waals surface area contributed by atoms with E-state index in [2.05, 4.69) is 15.3 Å². The molecule has 1 unspecified atom stereocenters. The van der Waals surface area contributed by atoms with Gasteiger partial charge in [-0.25, -0.2) is 22.2 Å². The molecular weight excluding hydrogens is 338 g/mol. The molecule has 1 N–H and O–H groups in total. The molecular formula is C15H16F2N4O2S. The van der Waals surface area contributed by atoms with Gasteiger partial charge < -0.3 is 10.2 Å². The number of benzene rings is 1. The average Bonchev–Trinajstić information content (AvgIpc) is 2.90. The molecule has 0 radical (unpaired) electrons. The number of aromatic nitrogens is 2. The standard InChI is InChI=1S/C15H16F2N4O2S/c1-21(11-5-7-24(22,23)9-11)15-18-6-4-14(20-15)19-13-3-2-10(16)8-12(13)17/h2-4,6,8,11H,5,7,9H2,1H3,(H,18,19,20). The van der Waals surface area contributed by atoms with E-state index in [0.29, 0.717) is 18.2 Å². The van der Waals surface area contributed by atoms with Gasteiger partial charge in [0.05, 0.1) is 17.2 Å². The number of hydrogen-bond donors (Lipinski definition) is 1. The summed E-state index contributed by atoms with van der Waals surface area (Å²) < 4.78 is 49.8. The minimum absolute atomic E-state index is 0.0666. The fourth-order valence-electron chi connectivity index (χ4n) is 2.56. The number of anilines is 3. The molecule has 0 saturated carbocycles. The van der Waals surface area contributed by atoms with Crippen LogP contribution in [0.15, 0.2) is 30.5 Å². The van der Waals surface area contributed by atoms with Crippen LogP contribution in [0.25, 0.3) is 0 Å². The molecule has 1 aromatic heterocycles. The molecule has 6 nitrogen and oxygen atoms in total. The highest BCUT2D eigenvalue weighted by atomic mass is 32.2. The van der Waals surface area contributed by atoms with Gasteiger partial charge in [0.15, 0.2) is 9.84 Å². The highest BCUT2D eigenvalue weighted by Crippen LogP contribution is 2.23. The van der Waals surface area contributed by atoms with Crippen molar-refractivity contribution in [1.29, 1.82) is 0 Å². The minimum atomic E-state index is -3.01. The summed E-state index contributed by atoms with van der Waals surface area (Å²) in [6, 6.07) is 4.56. The predicted octanol–water partition coefficient (Wildman–Crippen LogP) is 2.12. The first-order valence-electron chi connectivity index (χ1n) is 7.32. The predicted molar refractivity (Wildman–Crippen MR) is 87.1 cm³/mol. The van der Waals surface area contributed by atoms with E-state index in [0.717, 1.165) is 12.1 Å². The normalized spacial score (nSPS) is 19.2. The molecule has 3 rings (SSSR count). The number of halogens is 2. The lowest BCUT2D eigenvalue weighted by molar-refractivity contribution is 0.586. The van der Waals surface area contributed by atoms with E-state index in [9.17, 15) is 17.2 Å². The topological polar surface area (TPSA) is 75.2 Å². The molecule has 24 heavy (non-hydrogen) atoms. The van der Waals surface area contributed by atoms with Crippen LogP contribution in [-0.2, 0) is 9.84 Å². The Morgan fingerprint density at radius 2 is 2.08 bits per heavy atom. The number of rotatable bonds is 4. The number of nitrogens with zero attached hydrogens (tertiary/aromatic N) is 3. The van der Waals surface area contributed by atoms with Crippen molar-refractivity contribution in [2.45, 2.75) is 12.5 Å². The summed E-state index contributed by atoms with van der Waals surface area (Å²) in [4.78, 5) is 10.1. The molecule has 2 aromatic rings. The van der Waals surface area contributed by atoms with Crippen LogP contribution in [0, 0.1) is 11.6 Å². The maximum atomic E-state index is 13.7. The summed E-state index contributed by atoms with van der Waals surface area (Å²) in [5, 5.41) is 2.76. The number of nitrogens with one attached hydrogen (secondary N) is 1. The fourth-order valence-corrected chi connectivity index (χ4v) is 4.34. The molecule has 0 spiro atoms. The largest absolute Gasteiger partial charge is 0.340 e. The van der Waals surface area contributed by atoms with Crippen molar-refractivity contribution in [3.05, 3.63) is 42.1 Å². The summed E-state index contributed by atoms with van der Waals surface area (Å²) in [6.45, 7) is 0. The van der Waals surface area contributed by atoms with Crippen molar-refractivity contribution in [2.75, 3.05) is 28.8 Å². The summed E-state index contributed by atoms with van der Waals surface area (Å²) in [7, 11) is -1.29. The van der Waals surface area contributed by atoms with Crippen LogP contribution >= 0.6 is 0 Å². The first-order valence-corrected chi connectivity index (χ1v) is 9.14. The number of hydrogen-bond acceptors (Lipinski definition) is 6. The number of sulfone groups is 1. The molecule has 1 aliphatic heterocycles. The minimum Gasteiger partial charge on any atom is -0.340 e. The van der Waals surface area contributed by atoms with Crippen LogP contribution in [0.2, 0.25) is 0 Å². The maximum Gasteiger partial charge on any atom is 0.227 e. The molecule has 2 heterocycles. The molecule has 1 aliphatic rings. The van der Waals surface area contributed by atoms with Gasteiger partial charge in [0.2, 0.25) is 5.95 Å². The molecule has 0 amide bonds. The van der Waals surface area contributed by atoms with Crippen molar-refractivity contribution < 1.29 is 17.2 Å². The Bertz CT molecular complexity index is 860. The first-order chi connectivity index (χ1) is 11.3. The lowest BCUT2D eigenvalue weighted by Gasteiger charge is -2.23. The van der Waals surface area contributed by atoms with E-state index in [1.54, 1.807) is 18.0 Å². The lowest BCUT2D eigenvalue weighted by atomic mass is 10.2. The van der Waals surface area contributed by atoms with Crippen molar-refractivity contribution in [3.63, 3.8) is 0 Å². The summed E-state index contributed by atoms with van der Waals surface area (Å²) >= 11 is 0. The van der Waals surface area contributed by atoms with Gasteiger partial charge in [-0.2, -0.15) is 4.98 Å². The second-order valence-electron chi connectivity index (χ2n) is 5.66. The molecule has 128 valence electrons. The van der Waals surface area contributed by atoms with E-state index in [1.165, 1.54) is 12.3 Å². The monoisotopic (exact) mass is 354 g/mol. The van der Waals surface area contributed by atoms with Gasteiger partial charge >= 0.3 is 0 Å². The fraction of sp³-hybridized carbons (Fsp3) is 0.333. The summed E-state index contributed by atoms with van der Waals surface area (Å²) in [6.07, 6.45) is 2.01. The molecule has 1 atom stereocenters. The second-order valence-corrected chi connectivity index (χ2v) is 7.89. The Morgan fingerprint density at radius 1 is 1.29 bits per heavy atom. The smallest absolute Gasteiger partial charge is 0.227 e. The second kappa shape index (κ2) is 6.31. The Hall–Kier alpha value is -2.29. The lowest BCUT2D eigenvalue weighted by Crippen LogP contribution is -2.33. The highest BCUT2D eigenvalue weighted by molar-refractivity contribution is 7.91. The van der Waals surface area contributed by atoms with Gasteiger partial charge in [-0.1, -0.05) is 0 Å². The Balaban J connectivity index is 1.79. The van der Waals surface area contributed by atoms with Crippen molar-refractivity contribution in [1.82, 2.24) is 9.97 Å². The zero-order chi connectivity index (χ0) is 17.3. The zero-order valence-corrected chi connectivity index (χ0v) is 13.7. The highest BCUT2D eigenvalue weighted by Gasteiger charge is 2.31. The van der Waals surface area contributed by atoms with Crippen molar-refractivity contribution in [3.8, 4) is 0 Å². The zero-order valence-electron chi connectivity index (χ0n) is 12.9. The van der Waals surface area contributed by atoms with E-state index >= 15 is 0 Å². The molecule has 1 saturated heterocycles. The van der Waals surface area contributed by atoms with E-state index in [4.69, 9.17) is 0 Å². The molecule has 0 bridgehead atoms. The maximum absolute atomic E-state index is 13.7. The van der Waals surface area contributed by atoms with Crippen LogP contribution in [0.5, 0.6) is 0 Å². The Labute approximate surface area is 138 Å². The van der Waals surface area contributed by atoms with E-state index < -0.39 is 21.5 Å². The molecule has 9 heteroatoms. The molecule has 1 aromatic carbocycles. The van der Waals surface area contributed by atoms with Crippen LogP contribution in [0.3, 0.4) is 0 Å². The Kier molecular flexibility index (Phi) is 4.35. The van der Waals surface area contributed by atoms with Gasteiger partial charge in [0, 0.05) is 25.4 Å². The van der Waals surface area contributed by atoms with Gasteiger partial charge in [-0.05, 0) is 24.6 Å². The third kappa shape index (κ3) is 3.61. The van der Waals surface area contributed by atoms with Crippen LogP contribution in [0.1, 0.15) is 6.42 Å². The van der Waals surface area contributed by atoms with Crippen LogP contribution in [-0.4, -0.2) is 43.0 Å². The summed E-state index contributed by atoms with van der Waals surface area (Å²) in [5.74, 6) is -0.505. The molecule has 1 fully saturated rings. The van der Waals surface area contributed by atoms with Crippen LogP contribution in [0.4, 0.5) is 26.2 Å². The third-order valence-electron chi connectivity index (χ3n) is 3.91.